The number of carboxylic acids is 2. The van der Waals surface area contributed by atoms with Gasteiger partial charge in [-0.25, -0.2) is 9.59 Å². The molecule has 0 aromatic heterocycles. The summed E-state index contributed by atoms with van der Waals surface area (Å²) in [5.41, 5.74) is 11.3. The molecule has 2 aliphatic heterocycles. The molecule has 0 fully saturated rings. The third-order valence-corrected chi connectivity index (χ3v) is 12.6. The Hall–Kier alpha value is -9.91. The number of isothiocyanates is 1. The van der Waals surface area contributed by atoms with E-state index in [1.165, 1.54) is 84.9 Å². The zero-order chi connectivity index (χ0) is 55.8. The second-order valence-electron chi connectivity index (χ2n) is 17.5. The normalized spacial score (nSPS) is 10.8. The number of nitrogens with two attached hydrogens (primary N) is 1. The van der Waals surface area contributed by atoms with Crippen LogP contribution >= 0.6 is 24.4 Å². The number of phenols is 6. The van der Waals surface area contributed by atoms with Gasteiger partial charge in [-0.2, -0.15) is 4.99 Å². The van der Waals surface area contributed by atoms with E-state index in [0.29, 0.717) is 104 Å². The molecule has 0 amide bonds. The van der Waals surface area contributed by atoms with E-state index in [2.05, 4.69) is 27.7 Å². The van der Waals surface area contributed by atoms with Gasteiger partial charge >= 0.3 is 11.9 Å². The Bertz CT molecular complexity index is 4070. The van der Waals surface area contributed by atoms with Gasteiger partial charge in [-0.1, -0.05) is 36.5 Å². The quantitative estimate of drug-likeness (QED) is 0.0235. The first-order valence-electron chi connectivity index (χ1n) is 23.7. The Morgan fingerprint density at radius 3 is 1.53 bits per heavy atom. The Morgan fingerprint density at radius 2 is 1.04 bits per heavy atom. The van der Waals surface area contributed by atoms with E-state index < -0.39 is 11.9 Å². The van der Waals surface area contributed by atoms with Crippen LogP contribution in [0.4, 0.5) is 11.4 Å². The molecule has 78 heavy (non-hydrogen) atoms. The highest BCUT2D eigenvalue weighted by Crippen LogP contribution is 2.44. The minimum absolute atomic E-state index is 0.0102. The maximum Gasteiger partial charge on any atom is 0.336 e. The average Bonchev–Trinajstić information content (AvgIpc) is 3.50. The molecule has 0 saturated carbocycles. The van der Waals surface area contributed by atoms with Gasteiger partial charge in [-0.05, 0) is 164 Å². The van der Waals surface area contributed by atoms with Gasteiger partial charge in [0.05, 0.1) is 27.0 Å². The van der Waals surface area contributed by atoms with Crippen LogP contribution in [0.5, 0.6) is 34.5 Å². The van der Waals surface area contributed by atoms with Crippen LogP contribution in [0.2, 0.25) is 0 Å². The summed E-state index contributed by atoms with van der Waals surface area (Å²) in [6.45, 7) is 0.546. The molecule has 6 aromatic rings. The van der Waals surface area contributed by atoms with Gasteiger partial charge < -0.3 is 60.7 Å². The number of anilines is 1. The number of aliphatic imine (C=N–C) groups is 1. The smallest absolute Gasteiger partial charge is 0.336 e. The first kappa shape index (κ1) is 54.4. The summed E-state index contributed by atoms with van der Waals surface area (Å²) in [5.74, 6) is -2.28. The topological polar surface area (TPSA) is 307 Å². The first-order chi connectivity index (χ1) is 37.4. The van der Waals surface area contributed by atoms with E-state index in [4.69, 9.17) is 37.0 Å². The summed E-state index contributed by atoms with van der Waals surface area (Å²) in [4.78, 5) is 52.5. The van der Waals surface area contributed by atoms with Crippen molar-refractivity contribution in [2.24, 2.45) is 10.7 Å². The zero-order valence-electron chi connectivity index (χ0n) is 40.8. The molecule has 0 bridgehead atoms. The number of hydrogen-bond acceptors (Lipinski definition) is 16. The van der Waals surface area contributed by atoms with Crippen molar-refractivity contribution in [3.8, 4) is 79.4 Å². The fraction of sp³-hybridized carbons (Fsp3) is 0.0847. The second kappa shape index (κ2) is 23.7. The van der Waals surface area contributed by atoms with Gasteiger partial charge in [0.25, 0.3) is 0 Å². The number of aromatic hydroxyl groups is 6. The molecular weight excluding hydrogens is 1040 g/mol. The third kappa shape index (κ3) is 12.4. The molecule has 2 heterocycles. The van der Waals surface area contributed by atoms with Crippen LogP contribution in [-0.2, 0) is 12.8 Å². The first-order valence-corrected chi connectivity index (χ1v) is 24.5. The number of hydrogen-bond donors (Lipinski definition) is 10. The molecular formula is C59H45N3O14S2. The van der Waals surface area contributed by atoms with Crippen molar-refractivity contribution in [3.63, 3.8) is 0 Å². The van der Waals surface area contributed by atoms with Crippen molar-refractivity contribution in [2.45, 2.75) is 25.7 Å². The Kier molecular flexibility index (Phi) is 16.5. The van der Waals surface area contributed by atoms with E-state index in [9.17, 15) is 49.8 Å². The summed E-state index contributed by atoms with van der Waals surface area (Å²) in [7, 11) is 0. The zero-order valence-corrected chi connectivity index (χ0v) is 42.4. The van der Waals surface area contributed by atoms with Gasteiger partial charge in [-0.15, -0.1) is 0 Å². The maximum atomic E-state index is 12.4. The van der Waals surface area contributed by atoms with E-state index in [1.807, 2.05) is 0 Å². The van der Waals surface area contributed by atoms with Crippen molar-refractivity contribution in [1.29, 1.82) is 0 Å². The number of nitrogens with zero attached hydrogens (tertiary/aromatic N) is 1. The van der Waals surface area contributed by atoms with Crippen molar-refractivity contribution in [2.75, 3.05) is 11.9 Å². The number of nitrogens with one attached hydrogen (secondary N) is 1. The molecule has 0 unspecified atom stereocenters. The Labute approximate surface area is 453 Å². The number of aryl methyl sites for hydroxylation is 1. The molecule has 4 aliphatic rings. The molecule has 0 saturated heterocycles. The number of benzene rings is 8. The second-order valence-corrected chi connectivity index (χ2v) is 18.2. The van der Waals surface area contributed by atoms with Crippen LogP contribution < -0.4 is 21.9 Å². The summed E-state index contributed by atoms with van der Waals surface area (Å²) in [5, 5.41) is 83.2. The summed E-state index contributed by atoms with van der Waals surface area (Å²) in [6, 6.07) is 36.7. The highest BCUT2D eigenvalue weighted by Gasteiger charge is 2.24. The van der Waals surface area contributed by atoms with E-state index >= 15 is 0 Å². The van der Waals surface area contributed by atoms with Gasteiger partial charge in [-0.3, -0.25) is 9.59 Å². The largest absolute Gasteiger partial charge is 0.508 e. The molecule has 0 spiro atoms. The van der Waals surface area contributed by atoms with Gasteiger partial charge in [0.1, 0.15) is 34.2 Å². The number of rotatable bonds is 12. The minimum atomic E-state index is -1.15. The average molecular weight is 1080 g/mol. The lowest BCUT2D eigenvalue weighted by atomic mass is 9.90. The highest BCUT2D eigenvalue weighted by molar-refractivity contribution is 7.80. The lowest BCUT2D eigenvalue weighted by Crippen LogP contribution is -2.11. The van der Waals surface area contributed by atoms with Gasteiger partial charge in [0.15, 0.2) is 33.9 Å². The number of thiocarbonyl (C=S) groups is 2. The van der Waals surface area contributed by atoms with Crippen molar-refractivity contribution in [1.82, 2.24) is 0 Å². The lowest BCUT2D eigenvalue weighted by Gasteiger charge is -2.18. The molecule has 6 aromatic carbocycles. The molecule has 19 heteroatoms. The van der Waals surface area contributed by atoms with Gasteiger partial charge in [0.2, 0.25) is 0 Å². The van der Waals surface area contributed by atoms with E-state index in [1.54, 1.807) is 60.7 Å². The number of fused-ring (bicyclic) bond motifs is 4. The molecule has 10 rings (SSSR count). The summed E-state index contributed by atoms with van der Waals surface area (Å²) in [6.07, 6.45) is 2.56. The summed E-state index contributed by atoms with van der Waals surface area (Å²) >= 11 is 10.1. The molecule has 0 atom stereocenters. The molecule has 2 aliphatic carbocycles. The van der Waals surface area contributed by atoms with Crippen LogP contribution in [0, 0.1) is 0 Å². The SMILES string of the molecule is NCCc1ccc(O)c(O)c1.O=C(O)c1cc(N=C=S)ccc1-c1c2ccc(=O)cc-2oc2cc(O)ccc12.O=C(O)c1cc(NC(=S)CCCc2ccc(O)c(O)c2)ccc1-c1c2ccc(=O)cc-2oc2cc(O)ccc12. The maximum absolute atomic E-state index is 12.4. The standard InChI is InChI=1S/C30H23NO7S.C21H11NO5S.C8H11NO2/c32-18-6-9-21-26(14-18)38-27-15-19(33)7-10-22(27)29(21)20-8-5-17(13-23(20)30(36)37)31-28(39)3-1-2-16-4-11-24(34)25(35)12-16;23-12-2-5-15-18(8-12)27-19-9-13(24)3-6-16(19)20(15)14-4-1-11(22-10-28)7-17(14)21(25)26;9-4-3-6-1-2-7(10)8(11)5-6/h4-15,32,34-35H,1-3H2,(H,31,39)(H,36,37);1-9,23H,(H,25,26);1-2,5,10-11H,3-4,9H2. The predicted octanol–water partition coefficient (Wildman–Crippen LogP) is 11.4. The van der Waals surface area contributed by atoms with Crippen molar-refractivity contribution < 1.29 is 59.3 Å². The number of carboxylic acid groups (broad SMARTS) is 2. The highest BCUT2D eigenvalue weighted by atomic mass is 32.1. The van der Waals surface area contributed by atoms with Crippen LogP contribution in [0.1, 0.15) is 44.7 Å². The third-order valence-electron chi connectivity index (χ3n) is 12.2. The molecule has 17 nitrogen and oxygen atoms in total. The number of aromatic carboxylic acids is 2. The lowest BCUT2D eigenvalue weighted by molar-refractivity contribution is 0.0687. The van der Waals surface area contributed by atoms with Crippen LogP contribution in [-0.4, -0.2) is 69.5 Å². The monoisotopic (exact) mass is 1080 g/mol. The fourth-order valence-corrected chi connectivity index (χ4v) is 9.02. The molecule has 11 N–H and O–H groups in total. The van der Waals surface area contributed by atoms with E-state index in [-0.39, 0.29) is 68.0 Å². The van der Waals surface area contributed by atoms with E-state index in [0.717, 1.165) is 11.1 Å². The van der Waals surface area contributed by atoms with Crippen LogP contribution in [0.15, 0.2) is 169 Å². The van der Waals surface area contributed by atoms with Crippen molar-refractivity contribution >= 4 is 79.8 Å². The van der Waals surface area contributed by atoms with Crippen LogP contribution in [0.3, 0.4) is 0 Å². The number of carbonyl (C=O) groups is 2. The Balaban J connectivity index is 0.000000178. The van der Waals surface area contributed by atoms with Gasteiger partial charge in [0, 0.05) is 63.0 Å². The van der Waals surface area contributed by atoms with Crippen LogP contribution in [0.25, 0.3) is 66.8 Å². The van der Waals surface area contributed by atoms with Crippen molar-refractivity contribution in [3.05, 3.63) is 188 Å². The predicted molar refractivity (Wildman–Crippen MR) is 302 cm³/mol. The molecule has 392 valence electrons. The summed E-state index contributed by atoms with van der Waals surface area (Å²) < 4.78 is 11.6. The number of phenolic OH excluding ortho intramolecular Hbond substituents is 6. The molecule has 0 radical (unpaired) electrons. The minimum Gasteiger partial charge on any atom is -0.508 e. The fourth-order valence-electron chi connectivity index (χ4n) is 8.66. The Morgan fingerprint density at radius 1 is 0.551 bits per heavy atom.